The summed E-state index contributed by atoms with van der Waals surface area (Å²) in [5.74, 6) is 1.28. The van der Waals surface area contributed by atoms with Crippen molar-refractivity contribution in [2.24, 2.45) is 0 Å². The molecule has 0 fully saturated rings. The molecule has 0 saturated heterocycles. The molecule has 3 rings (SSSR count). The van der Waals surface area contributed by atoms with Crippen LogP contribution in [0.2, 0.25) is 0 Å². The summed E-state index contributed by atoms with van der Waals surface area (Å²) in [4.78, 5) is 18.9. The number of aromatic nitrogens is 1. The minimum atomic E-state index is -0.596. The predicted octanol–water partition coefficient (Wildman–Crippen LogP) is 3.11. The van der Waals surface area contributed by atoms with E-state index < -0.39 is 6.10 Å². The Balaban J connectivity index is 1.70. The van der Waals surface area contributed by atoms with E-state index in [1.165, 1.54) is 0 Å². The highest BCUT2D eigenvalue weighted by Gasteiger charge is 2.31. The van der Waals surface area contributed by atoms with Gasteiger partial charge in [0.25, 0.3) is 5.91 Å². The number of hydrogen-bond donors (Lipinski definition) is 0. The number of carbonyl (C=O) groups is 1. The average molecular weight is 332 g/mol. The fourth-order valence-electron chi connectivity index (χ4n) is 2.46. The van der Waals surface area contributed by atoms with Crippen molar-refractivity contribution in [1.29, 1.82) is 0 Å². The molecule has 0 N–H and O–H groups in total. The lowest BCUT2D eigenvalue weighted by molar-refractivity contribution is -0.142. The van der Waals surface area contributed by atoms with Gasteiger partial charge in [-0.2, -0.15) is 0 Å². The van der Waals surface area contributed by atoms with Gasteiger partial charge in [0.05, 0.1) is 6.54 Å². The van der Waals surface area contributed by atoms with Gasteiger partial charge < -0.3 is 14.4 Å². The number of nitrogens with zero attached hydrogens (tertiary/aromatic N) is 2. The van der Waals surface area contributed by atoms with Gasteiger partial charge >= 0.3 is 0 Å². The third-order valence-corrected chi connectivity index (χ3v) is 4.45. The number of hydrogen-bond acceptors (Lipinski definition) is 5. The number of amides is 1. The average Bonchev–Trinajstić information content (AvgIpc) is 3.10. The molecule has 1 aliphatic rings. The molecular formula is C17H20N2O3S. The van der Waals surface area contributed by atoms with E-state index in [0.29, 0.717) is 24.6 Å². The van der Waals surface area contributed by atoms with Crippen molar-refractivity contribution in [3.05, 3.63) is 40.8 Å². The number of ether oxygens (including phenoxy) is 2. The quantitative estimate of drug-likeness (QED) is 0.815. The second-order valence-electron chi connectivity index (χ2n) is 5.40. The van der Waals surface area contributed by atoms with Crippen LogP contribution in [0.4, 0.5) is 0 Å². The van der Waals surface area contributed by atoms with Crippen molar-refractivity contribution in [2.45, 2.75) is 32.4 Å². The van der Waals surface area contributed by atoms with Gasteiger partial charge in [-0.25, -0.2) is 4.98 Å². The zero-order chi connectivity index (χ0) is 16.1. The lowest BCUT2D eigenvalue weighted by atomic mass is 10.2. The Morgan fingerprint density at radius 3 is 2.96 bits per heavy atom. The van der Waals surface area contributed by atoms with Crippen molar-refractivity contribution < 1.29 is 14.3 Å². The van der Waals surface area contributed by atoms with Gasteiger partial charge in [-0.15, -0.1) is 11.3 Å². The Kier molecular flexibility index (Phi) is 5.12. The lowest BCUT2D eigenvalue weighted by Gasteiger charge is -2.30. The molecule has 0 spiro atoms. The highest BCUT2D eigenvalue weighted by atomic mass is 32.1. The maximum Gasteiger partial charge on any atom is 0.267 e. The summed E-state index contributed by atoms with van der Waals surface area (Å²) in [6, 6.07) is 7.44. The zero-order valence-corrected chi connectivity index (χ0v) is 13.9. The second-order valence-corrected chi connectivity index (χ2v) is 6.38. The topological polar surface area (TPSA) is 51.7 Å². The molecule has 0 aliphatic carbocycles. The summed E-state index contributed by atoms with van der Waals surface area (Å²) in [5, 5.41) is 2.86. The van der Waals surface area contributed by atoms with Gasteiger partial charge in [-0.3, -0.25) is 4.79 Å². The normalized spacial score (nSPS) is 16.1. The molecule has 1 aromatic carbocycles. The van der Waals surface area contributed by atoms with Crippen LogP contribution in [0.15, 0.2) is 35.8 Å². The van der Waals surface area contributed by atoms with Crippen molar-refractivity contribution in [2.75, 3.05) is 13.2 Å². The molecule has 0 saturated carbocycles. The molecule has 1 aliphatic heterocycles. The van der Waals surface area contributed by atoms with Gasteiger partial charge in [0, 0.05) is 18.1 Å². The van der Waals surface area contributed by atoms with Crippen LogP contribution in [0, 0.1) is 0 Å². The zero-order valence-electron chi connectivity index (χ0n) is 13.1. The first-order chi connectivity index (χ1) is 11.3. The van der Waals surface area contributed by atoms with Gasteiger partial charge in [-0.1, -0.05) is 25.5 Å². The van der Waals surface area contributed by atoms with Crippen LogP contribution in [-0.2, 0) is 11.3 Å². The van der Waals surface area contributed by atoms with Gasteiger partial charge in [0.1, 0.15) is 11.6 Å². The van der Waals surface area contributed by atoms with E-state index in [1.54, 1.807) is 17.5 Å². The molecule has 23 heavy (non-hydrogen) atoms. The summed E-state index contributed by atoms with van der Waals surface area (Å²) < 4.78 is 11.5. The van der Waals surface area contributed by atoms with E-state index in [1.807, 2.05) is 34.5 Å². The van der Waals surface area contributed by atoms with Crippen LogP contribution in [0.1, 0.15) is 24.8 Å². The van der Waals surface area contributed by atoms with E-state index >= 15 is 0 Å². The molecule has 0 unspecified atom stereocenters. The standard InChI is InChI=1S/C17H20N2O3S/c1-2-3-9-19(11-16-18-8-10-23-16)17(20)15-12-21-13-6-4-5-7-14(13)22-15/h4-8,10,15H,2-3,9,11-12H2,1H3/t15-/m0/s1. The summed E-state index contributed by atoms with van der Waals surface area (Å²) in [7, 11) is 0. The first-order valence-corrected chi connectivity index (χ1v) is 8.71. The van der Waals surface area contributed by atoms with Crippen LogP contribution in [0.25, 0.3) is 0 Å². The fraction of sp³-hybridized carbons (Fsp3) is 0.412. The molecule has 1 atom stereocenters. The van der Waals surface area contributed by atoms with Gasteiger partial charge in [0.15, 0.2) is 11.5 Å². The van der Waals surface area contributed by atoms with E-state index in [-0.39, 0.29) is 12.5 Å². The minimum absolute atomic E-state index is 0.0387. The second kappa shape index (κ2) is 7.46. The molecule has 2 heterocycles. The van der Waals surface area contributed by atoms with Crippen LogP contribution < -0.4 is 9.47 Å². The third-order valence-electron chi connectivity index (χ3n) is 3.69. The maximum absolute atomic E-state index is 12.8. The molecule has 2 aromatic rings. The molecule has 0 bridgehead atoms. The monoisotopic (exact) mass is 332 g/mol. The summed E-state index contributed by atoms with van der Waals surface area (Å²) >= 11 is 1.56. The molecule has 122 valence electrons. The van der Waals surface area contributed by atoms with E-state index in [9.17, 15) is 4.79 Å². The highest BCUT2D eigenvalue weighted by Crippen LogP contribution is 2.31. The number of thiazole rings is 1. The van der Waals surface area contributed by atoms with E-state index in [2.05, 4.69) is 11.9 Å². The van der Waals surface area contributed by atoms with Gasteiger partial charge in [0.2, 0.25) is 6.10 Å². The predicted molar refractivity (Wildman–Crippen MR) is 88.8 cm³/mol. The van der Waals surface area contributed by atoms with Crippen LogP contribution >= 0.6 is 11.3 Å². The lowest BCUT2D eigenvalue weighted by Crippen LogP contribution is -2.46. The fourth-order valence-corrected chi connectivity index (χ4v) is 3.09. The summed E-state index contributed by atoms with van der Waals surface area (Å²) in [5.41, 5.74) is 0. The largest absolute Gasteiger partial charge is 0.485 e. The SMILES string of the molecule is CCCCN(Cc1nccs1)C(=O)[C@@H]1COc2ccccc2O1. The third kappa shape index (κ3) is 3.82. The van der Waals surface area contributed by atoms with Gasteiger partial charge in [-0.05, 0) is 18.6 Å². The Morgan fingerprint density at radius 2 is 2.22 bits per heavy atom. The number of carbonyl (C=O) groups excluding carboxylic acids is 1. The van der Waals surface area contributed by atoms with Crippen LogP contribution in [-0.4, -0.2) is 35.0 Å². The first-order valence-electron chi connectivity index (χ1n) is 7.83. The molecular weight excluding hydrogens is 312 g/mol. The summed E-state index contributed by atoms with van der Waals surface area (Å²) in [6.45, 7) is 3.59. The van der Waals surface area contributed by atoms with E-state index in [4.69, 9.17) is 9.47 Å². The molecule has 5 nitrogen and oxygen atoms in total. The van der Waals surface area contributed by atoms with Crippen molar-refractivity contribution in [3.8, 4) is 11.5 Å². The smallest absolute Gasteiger partial charge is 0.267 e. The molecule has 1 aromatic heterocycles. The minimum Gasteiger partial charge on any atom is -0.485 e. The summed E-state index contributed by atoms with van der Waals surface area (Å²) in [6.07, 6.45) is 3.16. The number of rotatable bonds is 6. The molecule has 6 heteroatoms. The Morgan fingerprint density at radius 1 is 1.39 bits per heavy atom. The van der Waals surface area contributed by atoms with Crippen molar-refractivity contribution in [3.63, 3.8) is 0 Å². The highest BCUT2D eigenvalue weighted by molar-refractivity contribution is 7.09. The number of para-hydroxylation sites is 2. The van der Waals surface area contributed by atoms with E-state index in [0.717, 1.165) is 17.8 Å². The maximum atomic E-state index is 12.8. The van der Waals surface area contributed by atoms with Crippen molar-refractivity contribution in [1.82, 2.24) is 9.88 Å². The Hall–Kier alpha value is -2.08. The number of fused-ring (bicyclic) bond motifs is 1. The molecule has 1 amide bonds. The first kappa shape index (κ1) is 15.8. The number of benzene rings is 1. The van der Waals surface area contributed by atoms with Crippen LogP contribution in [0.3, 0.4) is 0 Å². The number of unbranched alkanes of at least 4 members (excludes halogenated alkanes) is 1. The van der Waals surface area contributed by atoms with Crippen LogP contribution in [0.5, 0.6) is 11.5 Å². The Labute approximate surface area is 139 Å². The Bertz CT molecular complexity index is 645. The molecule has 0 radical (unpaired) electrons. The van der Waals surface area contributed by atoms with Crippen molar-refractivity contribution >= 4 is 17.2 Å².